The van der Waals surface area contributed by atoms with Crippen LogP contribution in [0, 0.1) is 13.8 Å². The SMILES string of the molecule is Cc1cc(C2C(c3ccccn3)NC(=S)N2Cc2ccncc2)c(C)n1C. The number of hydrogen-bond acceptors (Lipinski definition) is 3. The number of nitrogens with one attached hydrogen (secondary N) is 1. The third-order valence-corrected chi connectivity index (χ3v) is 5.79. The molecule has 0 aliphatic carbocycles. The Labute approximate surface area is 165 Å². The Bertz CT molecular complexity index is 951. The van der Waals surface area contributed by atoms with Crippen LogP contribution in [0.25, 0.3) is 0 Å². The van der Waals surface area contributed by atoms with Crippen LogP contribution in [0.5, 0.6) is 0 Å². The van der Waals surface area contributed by atoms with E-state index in [4.69, 9.17) is 12.2 Å². The molecule has 4 rings (SSSR count). The van der Waals surface area contributed by atoms with E-state index in [9.17, 15) is 0 Å². The zero-order valence-corrected chi connectivity index (χ0v) is 16.6. The fourth-order valence-electron chi connectivity index (χ4n) is 3.78. The van der Waals surface area contributed by atoms with Crippen molar-refractivity contribution in [1.82, 2.24) is 24.8 Å². The Morgan fingerprint density at radius 1 is 1.11 bits per heavy atom. The van der Waals surface area contributed by atoms with Crippen molar-refractivity contribution in [3.05, 3.63) is 83.2 Å². The van der Waals surface area contributed by atoms with Gasteiger partial charge >= 0.3 is 0 Å². The molecule has 4 heterocycles. The lowest BCUT2D eigenvalue weighted by molar-refractivity contribution is 0.310. The van der Waals surface area contributed by atoms with Gasteiger partial charge < -0.3 is 14.8 Å². The predicted molar refractivity (Wildman–Crippen MR) is 110 cm³/mol. The summed E-state index contributed by atoms with van der Waals surface area (Å²) in [6, 6.07) is 12.5. The quantitative estimate of drug-likeness (QED) is 0.704. The average Bonchev–Trinajstić information content (AvgIpc) is 3.14. The molecule has 1 aliphatic rings. The maximum atomic E-state index is 5.74. The van der Waals surface area contributed by atoms with Crippen molar-refractivity contribution in [2.45, 2.75) is 32.5 Å². The number of aromatic nitrogens is 3. The highest BCUT2D eigenvalue weighted by atomic mass is 32.1. The standard InChI is InChI=1S/C21H23N5S/c1-14-12-17(15(2)25(14)3)20-19(18-6-4-5-9-23-18)24-21(27)26(20)13-16-7-10-22-11-8-16/h4-12,19-20H,13H2,1-3H3,(H,24,27). The van der Waals surface area contributed by atoms with Gasteiger partial charge in [0.25, 0.3) is 0 Å². The Morgan fingerprint density at radius 3 is 2.52 bits per heavy atom. The summed E-state index contributed by atoms with van der Waals surface area (Å²) in [6.07, 6.45) is 5.49. The van der Waals surface area contributed by atoms with Gasteiger partial charge in [0, 0.05) is 43.6 Å². The van der Waals surface area contributed by atoms with Crippen LogP contribution in [-0.4, -0.2) is 24.5 Å². The van der Waals surface area contributed by atoms with Crippen molar-refractivity contribution < 1.29 is 0 Å². The topological polar surface area (TPSA) is 46.0 Å². The fraction of sp³-hybridized carbons (Fsp3) is 0.286. The van der Waals surface area contributed by atoms with E-state index in [2.05, 4.69) is 57.8 Å². The maximum Gasteiger partial charge on any atom is 0.170 e. The number of rotatable bonds is 4. The van der Waals surface area contributed by atoms with Crippen LogP contribution >= 0.6 is 12.2 Å². The molecule has 0 radical (unpaired) electrons. The molecule has 3 aromatic heterocycles. The smallest absolute Gasteiger partial charge is 0.170 e. The van der Waals surface area contributed by atoms with Gasteiger partial charge in [-0.25, -0.2) is 0 Å². The first kappa shape index (κ1) is 17.7. The van der Waals surface area contributed by atoms with Crippen LogP contribution in [-0.2, 0) is 13.6 Å². The Kier molecular flexibility index (Phi) is 4.66. The first-order valence-electron chi connectivity index (χ1n) is 9.06. The van der Waals surface area contributed by atoms with Gasteiger partial charge in [-0.15, -0.1) is 0 Å². The number of hydrogen-bond donors (Lipinski definition) is 1. The lowest BCUT2D eigenvalue weighted by Crippen LogP contribution is -2.29. The molecule has 0 amide bonds. The molecule has 6 heteroatoms. The molecule has 1 N–H and O–H groups in total. The molecule has 2 unspecified atom stereocenters. The van der Waals surface area contributed by atoms with Gasteiger partial charge in [0.2, 0.25) is 0 Å². The monoisotopic (exact) mass is 377 g/mol. The minimum Gasteiger partial charge on any atom is -0.352 e. The zero-order chi connectivity index (χ0) is 19.0. The highest BCUT2D eigenvalue weighted by molar-refractivity contribution is 7.80. The van der Waals surface area contributed by atoms with Crippen molar-refractivity contribution in [1.29, 1.82) is 0 Å². The van der Waals surface area contributed by atoms with Gasteiger partial charge in [-0.3, -0.25) is 9.97 Å². The average molecular weight is 378 g/mol. The lowest BCUT2D eigenvalue weighted by atomic mass is 9.96. The number of pyridine rings is 2. The van der Waals surface area contributed by atoms with E-state index < -0.39 is 0 Å². The van der Waals surface area contributed by atoms with E-state index in [1.807, 2.05) is 42.9 Å². The summed E-state index contributed by atoms with van der Waals surface area (Å²) >= 11 is 5.74. The largest absolute Gasteiger partial charge is 0.352 e. The highest BCUT2D eigenvalue weighted by Gasteiger charge is 2.41. The third kappa shape index (κ3) is 3.21. The molecule has 0 spiro atoms. The first-order valence-corrected chi connectivity index (χ1v) is 9.47. The molecule has 1 aliphatic heterocycles. The molecule has 1 fully saturated rings. The summed E-state index contributed by atoms with van der Waals surface area (Å²) < 4.78 is 2.23. The van der Waals surface area contributed by atoms with Crippen LogP contribution in [0.4, 0.5) is 0 Å². The van der Waals surface area contributed by atoms with Gasteiger partial charge in [0.05, 0.1) is 17.8 Å². The summed E-state index contributed by atoms with van der Waals surface area (Å²) in [4.78, 5) is 11.0. The Balaban J connectivity index is 1.79. The first-order chi connectivity index (χ1) is 13.1. The lowest BCUT2D eigenvalue weighted by Gasteiger charge is -2.28. The van der Waals surface area contributed by atoms with Gasteiger partial charge in [0.1, 0.15) is 0 Å². The van der Waals surface area contributed by atoms with E-state index >= 15 is 0 Å². The van der Waals surface area contributed by atoms with Gasteiger partial charge in [-0.2, -0.15) is 0 Å². The highest BCUT2D eigenvalue weighted by Crippen LogP contribution is 2.41. The van der Waals surface area contributed by atoms with E-state index in [-0.39, 0.29) is 12.1 Å². The van der Waals surface area contributed by atoms with E-state index in [1.54, 1.807) is 0 Å². The van der Waals surface area contributed by atoms with Crippen molar-refractivity contribution in [3.8, 4) is 0 Å². The second-order valence-electron chi connectivity index (χ2n) is 7.00. The molecule has 138 valence electrons. The number of nitrogens with zero attached hydrogens (tertiary/aromatic N) is 4. The second-order valence-corrected chi connectivity index (χ2v) is 7.38. The van der Waals surface area contributed by atoms with Crippen LogP contribution in [0.1, 0.15) is 40.3 Å². The third-order valence-electron chi connectivity index (χ3n) is 5.43. The van der Waals surface area contributed by atoms with E-state index in [0.717, 1.165) is 17.4 Å². The zero-order valence-electron chi connectivity index (χ0n) is 15.8. The molecule has 27 heavy (non-hydrogen) atoms. The molecule has 0 bridgehead atoms. The molecule has 5 nitrogen and oxygen atoms in total. The van der Waals surface area contributed by atoms with Crippen LogP contribution in [0.2, 0.25) is 0 Å². The predicted octanol–water partition coefficient (Wildman–Crippen LogP) is 3.60. The van der Waals surface area contributed by atoms with Gasteiger partial charge in [0.15, 0.2) is 5.11 Å². The molecule has 0 saturated carbocycles. The van der Waals surface area contributed by atoms with Crippen molar-refractivity contribution in [3.63, 3.8) is 0 Å². The summed E-state index contributed by atoms with van der Waals surface area (Å²) in [6.45, 7) is 5.04. The molecule has 3 aromatic rings. The summed E-state index contributed by atoms with van der Waals surface area (Å²) in [5.41, 5.74) is 5.97. The molecular formula is C21H23N5S. The van der Waals surface area contributed by atoms with Crippen LogP contribution in [0.15, 0.2) is 55.0 Å². The summed E-state index contributed by atoms with van der Waals surface area (Å²) in [5.74, 6) is 0. The van der Waals surface area contributed by atoms with Gasteiger partial charge in [-0.1, -0.05) is 6.07 Å². The maximum absolute atomic E-state index is 5.74. The molecule has 0 aromatic carbocycles. The van der Waals surface area contributed by atoms with Crippen molar-refractivity contribution in [2.24, 2.45) is 7.05 Å². The molecule has 1 saturated heterocycles. The fourth-order valence-corrected chi connectivity index (χ4v) is 4.09. The second kappa shape index (κ2) is 7.12. The Hall–Kier alpha value is -2.73. The summed E-state index contributed by atoms with van der Waals surface area (Å²) in [7, 11) is 2.11. The van der Waals surface area contributed by atoms with Crippen molar-refractivity contribution >= 4 is 17.3 Å². The molecule has 2 atom stereocenters. The van der Waals surface area contributed by atoms with Gasteiger partial charge in [-0.05, 0) is 67.5 Å². The number of thiocarbonyl (C=S) groups is 1. The Morgan fingerprint density at radius 2 is 1.89 bits per heavy atom. The van der Waals surface area contributed by atoms with Crippen LogP contribution in [0.3, 0.4) is 0 Å². The van der Waals surface area contributed by atoms with E-state index in [0.29, 0.717) is 0 Å². The minimum absolute atomic E-state index is 0.0148. The van der Waals surface area contributed by atoms with Crippen LogP contribution < -0.4 is 5.32 Å². The number of aryl methyl sites for hydroxylation is 1. The normalized spacial score (nSPS) is 19.4. The molecular weight excluding hydrogens is 354 g/mol. The van der Waals surface area contributed by atoms with E-state index in [1.165, 1.54) is 22.5 Å². The summed E-state index contributed by atoms with van der Waals surface area (Å²) in [5, 5.41) is 4.27. The minimum atomic E-state index is 0.0148. The van der Waals surface area contributed by atoms with Crippen molar-refractivity contribution in [2.75, 3.05) is 0 Å².